The number of fused-ring (bicyclic) bond motifs is 1. The first-order valence-electron chi connectivity index (χ1n) is 13.8. The molecule has 1 saturated carbocycles. The highest BCUT2D eigenvalue weighted by Gasteiger charge is 2.57. The molecule has 1 amide bonds. The van der Waals surface area contributed by atoms with E-state index in [1.54, 1.807) is 12.4 Å². The van der Waals surface area contributed by atoms with Crippen LogP contribution in [0.25, 0.3) is 0 Å². The number of hydrogen-bond donors (Lipinski definition) is 1. The predicted molar refractivity (Wildman–Crippen MR) is 148 cm³/mol. The van der Waals surface area contributed by atoms with Gasteiger partial charge in [-0.1, -0.05) is 11.6 Å². The number of alkyl carbamates (subject to hydrolysis) is 1. The van der Waals surface area contributed by atoms with Gasteiger partial charge in [0.15, 0.2) is 5.75 Å². The van der Waals surface area contributed by atoms with Crippen LogP contribution in [0.3, 0.4) is 0 Å². The molecule has 3 atom stereocenters. The number of piperidine rings is 2. The average Bonchev–Trinajstić information content (AvgIpc) is 3.30. The Kier molecular flexibility index (Phi) is 8.32. The van der Waals surface area contributed by atoms with Crippen LogP contribution in [0.4, 0.5) is 10.7 Å². The van der Waals surface area contributed by atoms with Crippen molar-refractivity contribution in [2.24, 2.45) is 17.8 Å². The maximum atomic E-state index is 12.1. The zero-order valence-corrected chi connectivity index (χ0v) is 24.2. The number of ether oxygens (including phenoxy) is 3. The summed E-state index contributed by atoms with van der Waals surface area (Å²) in [5.41, 5.74) is 0.496. The molecule has 5 rings (SSSR count). The van der Waals surface area contributed by atoms with Gasteiger partial charge >= 0.3 is 12.1 Å². The molecular weight excluding hydrogens is 536 g/mol. The number of carbonyl (C=O) groups is 2. The van der Waals surface area contributed by atoms with Gasteiger partial charge in [0.2, 0.25) is 11.8 Å². The maximum absolute atomic E-state index is 12.1. The van der Waals surface area contributed by atoms with Gasteiger partial charge in [-0.25, -0.2) is 19.7 Å². The predicted octanol–water partition coefficient (Wildman–Crippen LogP) is 4.05. The van der Waals surface area contributed by atoms with Crippen molar-refractivity contribution in [3.05, 3.63) is 35.2 Å². The van der Waals surface area contributed by atoms with E-state index in [0.717, 1.165) is 51.1 Å². The summed E-state index contributed by atoms with van der Waals surface area (Å²) in [4.78, 5) is 41.4. The molecule has 4 heterocycles. The van der Waals surface area contributed by atoms with E-state index in [-0.39, 0.29) is 18.1 Å². The molecule has 2 aliphatic heterocycles. The Hall–Kier alpha value is -3.18. The van der Waals surface area contributed by atoms with Crippen molar-refractivity contribution in [2.45, 2.75) is 58.2 Å². The van der Waals surface area contributed by atoms with Crippen molar-refractivity contribution >= 4 is 29.6 Å². The summed E-state index contributed by atoms with van der Waals surface area (Å²) in [5, 5.41) is 3.34. The number of methoxy groups -OCH3 is 1. The normalized spacial score (nSPS) is 22.9. The topological polar surface area (TPSA) is 119 Å². The van der Waals surface area contributed by atoms with Crippen LogP contribution in [-0.4, -0.2) is 76.8 Å². The van der Waals surface area contributed by atoms with E-state index in [0.29, 0.717) is 46.9 Å². The van der Waals surface area contributed by atoms with Crippen molar-refractivity contribution in [2.75, 3.05) is 38.2 Å². The van der Waals surface area contributed by atoms with Gasteiger partial charge in [0.1, 0.15) is 10.8 Å². The van der Waals surface area contributed by atoms with Gasteiger partial charge in [-0.05, 0) is 64.3 Å². The number of anilines is 1. The third kappa shape index (κ3) is 7.31. The molecule has 1 aliphatic carbocycles. The fourth-order valence-electron chi connectivity index (χ4n) is 5.59. The number of rotatable bonds is 8. The largest absolute Gasteiger partial charge is 0.469 e. The summed E-state index contributed by atoms with van der Waals surface area (Å²) in [7, 11) is 1.43. The monoisotopic (exact) mass is 572 g/mol. The highest BCUT2D eigenvalue weighted by molar-refractivity contribution is 6.29. The molecule has 2 aromatic rings. The number of amides is 1. The Labute approximate surface area is 239 Å². The molecule has 0 spiro atoms. The number of nitrogens with one attached hydrogen (secondary N) is 1. The van der Waals surface area contributed by atoms with Gasteiger partial charge in [-0.3, -0.25) is 9.69 Å². The molecule has 1 N–H and O–H groups in total. The first-order valence-corrected chi connectivity index (χ1v) is 14.1. The summed E-state index contributed by atoms with van der Waals surface area (Å²) in [6.45, 7) is 9.67. The van der Waals surface area contributed by atoms with Crippen LogP contribution in [0.2, 0.25) is 5.15 Å². The zero-order valence-electron chi connectivity index (χ0n) is 23.4. The number of pyridine rings is 1. The van der Waals surface area contributed by atoms with E-state index in [4.69, 9.17) is 25.8 Å². The Balaban J connectivity index is 1.10. The molecule has 12 heteroatoms. The fraction of sp³-hybridized carbons (Fsp3) is 0.607. The van der Waals surface area contributed by atoms with Gasteiger partial charge in [0, 0.05) is 50.0 Å². The first-order chi connectivity index (χ1) is 19.1. The lowest BCUT2D eigenvalue weighted by atomic mass is 9.93. The second kappa shape index (κ2) is 11.7. The lowest BCUT2D eigenvalue weighted by molar-refractivity contribution is -0.142. The zero-order chi connectivity index (χ0) is 28.4. The molecule has 3 fully saturated rings. The van der Waals surface area contributed by atoms with Crippen LogP contribution >= 0.6 is 11.6 Å². The van der Waals surface area contributed by atoms with Gasteiger partial charge in [0.05, 0.1) is 19.5 Å². The van der Waals surface area contributed by atoms with E-state index in [9.17, 15) is 9.59 Å². The maximum Gasteiger partial charge on any atom is 0.407 e. The van der Waals surface area contributed by atoms with Crippen LogP contribution in [0.5, 0.6) is 11.6 Å². The van der Waals surface area contributed by atoms with Crippen molar-refractivity contribution in [1.29, 1.82) is 0 Å². The minimum absolute atomic E-state index is 0.142. The van der Waals surface area contributed by atoms with E-state index in [1.807, 2.05) is 32.9 Å². The van der Waals surface area contributed by atoms with Crippen molar-refractivity contribution < 1.29 is 23.8 Å². The molecule has 0 radical (unpaired) electrons. The molecule has 216 valence electrons. The minimum atomic E-state index is -0.509. The van der Waals surface area contributed by atoms with Gasteiger partial charge in [-0.2, -0.15) is 0 Å². The highest BCUT2D eigenvalue weighted by atomic mass is 35.5. The second-order valence-electron chi connectivity index (χ2n) is 11.9. The summed E-state index contributed by atoms with van der Waals surface area (Å²) >= 11 is 6.30. The van der Waals surface area contributed by atoms with Gasteiger partial charge in [-0.15, -0.1) is 0 Å². The lowest BCUT2D eigenvalue weighted by Gasteiger charge is -2.31. The Morgan fingerprint density at radius 1 is 1.10 bits per heavy atom. The van der Waals surface area contributed by atoms with Crippen molar-refractivity contribution in [3.8, 4) is 11.6 Å². The molecule has 0 bridgehead atoms. The molecule has 2 aromatic heterocycles. The van der Waals surface area contributed by atoms with Crippen LogP contribution in [0, 0.1) is 17.8 Å². The molecule has 0 aromatic carbocycles. The first kappa shape index (κ1) is 28.4. The van der Waals surface area contributed by atoms with E-state index < -0.39 is 5.60 Å². The van der Waals surface area contributed by atoms with Crippen molar-refractivity contribution in [1.82, 2.24) is 25.2 Å². The molecule has 2 saturated heterocycles. The summed E-state index contributed by atoms with van der Waals surface area (Å²) < 4.78 is 16.1. The standard InChI is InChI=1S/C28H37ClN6O5/c1-28(2,3)40-27(37)33-25-20-15-35(16-21(20)25)26-30-12-19(13-31-26)39-23-10-18(9-22(29)32-23)14-34-7-5-17(6-8-34)11-24(36)38-4/h9-10,12-13,17,20-21,25H,5-8,11,14-16H2,1-4H3,(H,33,37)/t20-,21+,25?. The SMILES string of the molecule is COC(=O)CC1CCN(Cc2cc(Cl)nc(Oc3cnc(N4C[C@@H]5C(NC(=O)OC(C)(C)C)[C@@H]5C4)nc3)c2)CC1. The third-order valence-corrected chi connectivity index (χ3v) is 7.82. The highest BCUT2D eigenvalue weighted by Crippen LogP contribution is 2.46. The molecule has 3 aliphatic rings. The fourth-order valence-corrected chi connectivity index (χ4v) is 5.81. The third-order valence-electron chi connectivity index (χ3n) is 7.62. The lowest BCUT2D eigenvalue weighted by Crippen LogP contribution is -2.38. The van der Waals surface area contributed by atoms with Crippen LogP contribution < -0.4 is 15.0 Å². The Morgan fingerprint density at radius 2 is 1.77 bits per heavy atom. The Morgan fingerprint density at radius 3 is 2.40 bits per heavy atom. The number of likely N-dealkylation sites (tertiary alicyclic amines) is 1. The van der Waals surface area contributed by atoms with Gasteiger partial charge in [0.25, 0.3) is 0 Å². The quantitative estimate of drug-likeness (QED) is 0.366. The molecule has 1 unspecified atom stereocenters. The second-order valence-corrected chi connectivity index (χ2v) is 12.2. The number of nitrogens with zero attached hydrogens (tertiary/aromatic N) is 5. The average molecular weight is 573 g/mol. The number of hydrogen-bond acceptors (Lipinski definition) is 10. The summed E-state index contributed by atoms with van der Waals surface area (Å²) in [6.07, 6.45) is 5.30. The summed E-state index contributed by atoms with van der Waals surface area (Å²) in [5.74, 6) is 2.47. The van der Waals surface area contributed by atoms with E-state index in [2.05, 4.69) is 30.1 Å². The number of halogens is 1. The van der Waals surface area contributed by atoms with Gasteiger partial charge < -0.3 is 24.4 Å². The molecule has 40 heavy (non-hydrogen) atoms. The van der Waals surface area contributed by atoms with Crippen molar-refractivity contribution in [3.63, 3.8) is 0 Å². The summed E-state index contributed by atoms with van der Waals surface area (Å²) in [6, 6.07) is 3.87. The number of esters is 1. The van der Waals surface area contributed by atoms with E-state index in [1.165, 1.54) is 7.11 Å². The smallest absolute Gasteiger partial charge is 0.407 e. The Bertz CT molecular complexity index is 1200. The molecule has 11 nitrogen and oxygen atoms in total. The number of aromatic nitrogens is 3. The van der Waals surface area contributed by atoms with Crippen LogP contribution in [0.1, 0.15) is 45.6 Å². The number of carbonyl (C=O) groups excluding carboxylic acids is 2. The molecular formula is C28H37ClN6O5. The van der Waals surface area contributed by atoms with Crippen LogP contribution in [-0.2, 0) is 20.8 Å². The van der Waals surface area contributed by atoms with Crippen LogP contribution in [0.15, 0.2) is 24.5 Å². The van der Waals surface area contributed by atoms with E-state index >= 15 is 0 Å². The minimum Gasteiger partial charge on any atom is -0.469 e.